The summed E-state index contributed by atoms with van der Waals surface area (Å²) in [7, 11) is 0. The molecule has 14 heavy (non-hydrogen) atoms. The van der Waals surface area contributed by atoms with E-state index in [0.29, 0.717) is 6.10 Å². The van der Waals surface area contributed by atoms with Crippen LogP contribution in [0.15, 0.2) is 18.2 Å². The van der Waals surface area contributed by atoms with E-state index in [1.807, 2.05) is 0 Å². The van der Waals surface area contributed by atoms with Gasteiger partial charge in [0.2, 0.25) is 0 Å². The van der Waals surface area contributed by atoms with E-state index in [1.54, 1.807) is 0 Å². The average molecular weight is 191 g/mol. The lowest BCUT2D eigenvalue weighted by atomic mass is 10.1. The molecule has 1 unspecified atom stereocenters. The molecular formula is C12H17NO. The second-order valence-electron chi connectivity index (χ2n) is 3.99. The summed E-state index contributed by atoms with van der Waals surface area (Å²) in [4.78, 5) is 0. The summed E-state index contributed by atoms with van der Waals surface area (Å²) in [6.07, 6.45) is 3.53. The van der Waals surface area contributed by atoms with E-state index in [-0.39, 0.29) is 0 Å². The van der Waals surface area contributed by atoms with E-state index < -0.39 is 0 Å². The molecule has 1 aromatic carbocycles. The zero-order valence-corrected chi connectivity index (χ0v) is 8.62. The molecule has 2 nitrogen and oxygen atoms in total. The molecule has 2 rings (SSSR count). The average Bonchev–Trinajstić information content (AvgIpc) is 2.56. The van der Waals surface area contributed by atoms with Crippen LogP contribution in [-0.2, 0) is 6.42 Å². The SMILES string of the molecule is Cc1ccc2c(c1)OC(CCCN)C2. The number of hydrogen-bond acceptors (Lipinski definition) is 2. The van der Waals surface area contributed by atoms with Gasteiger partial charge in [-0.15, -0.1) is 0 Å². The van der Waals surface area contributed by atoms with Gasteiger partial charge in [0.1, 0.15) is 11.9 Å². The molecule has 1 heterocycles. The Labute approximate surface area is 85.1 Å². The number of aryl methyl sites for hydroxylation is 1. The minimum Gasteiger partial charge on any atom is -0.490 e. The van der Waals surface area contributed by atoms with Gasteiger partial charge in [-0.1, -0.05) is 12.1 Å². The van der Waals surface area contributed by atoms with Gasteiger partial charge in [-0.2, -0.15) is 0 Å². The maximum atomic E-state index is 5.83. The van der Waals surface area contributed by atoms with Crippen molar-refractivity contribution in [2.45, 2.75) is 32.3 Å². The van der Waals surface area contributed by atoms with Crippen LogP contribution in [-0.4, -0.2) is 12.6 Å². The number of ether oxygens (including phenoxy) is 1. The first-order valence-electron chi connectivity index (χ1n) is 5.26. The fourth-order valence-electron chi connectivity index (χ4n) is 1.91. The minimum absolute atomic E-state index is 0.357. The highest BCUT2D eigenvalue weighted by molar-refractivity contribution is 5.40. The van der Waals surface area contributed by atoms with Crippen molar-refractivity contribution in [3.05, 3.63) is 29.3 Å². The Bertz CT molecular complexity index is 322. The summed E-state index contributed by atoms with van der Waals surface area (Å²) in [5.41, 5.74) is 8.09. The van der Waals surface area contributed by atoms with Crippen molar-refractivity contribution in [2.24, 2.45) is 5.73 Å². The Hall–Kier alpha value is -1.02. The second kappa shape index (κ2) is 4.01. The normalized spacial score (nSPS) is 19.1. The van der Waals surface area contributed by atoms with Crippen LogP contribution < -0.4 is 10.5 Å². The molecule has 0 aromatic heterocycles. The van der Waals surface area contributed by atoms with Gasteiger partial charge in [0.25, 0.3) is 0 Å². The fraction of sp³-hybridized carbons (Fsp3) is 0.500. The second-order valence-corrected chi connectivity index (χ2v) is 3.99. The molecule has 2 heteroatoms. The Morgan fingerprint density at radius 1 is 1.50 bits per heavy atom. The van der Waals surface area contributed by atoms with Crippen LogP contribution in [0.4, 0.5) is 0 Å². The zero-order chi connectivity index (χ0) is 9.97. The van der Waals surface area contributed by atoms with Gasteiger partial charge in [-0.05, 0) is 43.5 Å². The Balaban J connectivity index is 2.03. The summed E-state index contributed by atoms with van der Waals surface area (Å²) in [5, 5.41) is 0. The van der Waals surface area contributed by atoms with E-state index in [9.17, 15) is 0 Å². The molecule has 0 saturated heterocycles. The molecule has 0 bridgehead atoms. The van der Waals surface area contributed by atoms with Crippen molar-refractivity contribution >= 4 is 0 Å². The summed E-state index contributed by atoms with van der Waals surface area (Å²) in [6, 6.07) is 6.44. The smallest absolute Gasteiger partial charge is 0.123 e. The fourth-order valence-corrected chi connectivity index (χ4v) is 1.91. The van der Waals surface area contributed by atoms with Crippen LogP contribution in [0.25, 0.3) is 0 Å². The van der Waals surface area contributed by atoms with Crippen molar-refractivity contribution in [2.75, 3.05) is 6.54 Å². The quantitative estimate of drug-likeness (QED) is 0.793. The monoisotopic (exact) mass is 191 g/mol. The van der Waals surface area contributed by atoms with E-state index in [1.165, 1.54) is 11.1 Å². The van der Waals surface area contributed by atoms with Crippen LogP contribution in [0.3, 0.4) is 0 Å². The predicted octanol–water partition coefficient (Wildman–Crippen LogP) is 2.04. The highest BCUT2D eigenvalue weighted by atomic mass is 16.5. The third kappa shape index (κ3) is 1.90. The highest BCUT2D eigenvalue weighted by Crippen LogP contribution is 2.30. The number of benzene rings is 1. The topological polar surface area (TPSA) is 35.2 Å². The summed E-state index contributed by atoms with van der Waals surface area (Å²) < 4.78 is 5.83. The highest BCUT2D eigenvalue weighted by Gasteiger charge is 2.21. The molecule has 1 aliphatic heterocycles. The zero-order valence-electron chi connectivity index (χ0n) is 8.62. The van der Waals surface area contributed by atoms with Crippen molar-refractivity contribution in [3.63, 3.8) is 0 Å². The predicted molar refractivity (Wildman–Crippen MR) is 57.6 cm³/mol. The van der Waals surface area contributed by atoms with Crippen LogP contribution >= 0.6 is 0 Å². The number of fused-ring (bicyclic) bond motifs is 1. The van der Waals surface area contributed by atoms with E-state index in [2.05, 4.69) is 25.1 Å². The minimum atomic E-state index is 0.357. The van der Waals surface area contributed by atoms with Gasteiger partial charge in [-0.25, -0.2) is 0 Å². The van der Waals surface area contributed by atoms with Crippen LogP contribution in [0.5, 0.6) is 5.75 Å². The molecule has 0 spiro atoms. The van der Waals surface area contributed by atoms with Gasteiger partial charge in [0.05, 0.1) is 0 Å². The number of hydrogen-bond donors (Lipinski definition) is 1. The molecule has 0 saturated carbocycles. The van der Waals surface area contributed by atoms with E-state index >= 15 is 0 Å². The molecule has 2 N–H and O–H groups in total. The van der Waals surface area contributed by atoms with Gasteiger partial charge in [0.15, 0.2) is 0 Å². The maximum Gasteiger partial charge on any atom is 0.123 e. The molecule has 1 aliphatic rings. The molecule has 1 atom stereocenters. The first-order chi connectivity index (χ1) is 6.79. The van der Waals surface area contributed by atoms with Gasteiger partial charge < -0.3 is 10.5 Å². The first kappa shape index (κ1) is 9.53. The van der Waals surface area contributed by atoms with E-state index in [4.69, 9.17) is 10.5 Å². The molecule has 1 aromatic rings. The maximum absolute atomic E-state index is 5.83. The molecular weight excluding hydrogens is 174 g/mol. The largest absolute Gasteiger partial charge is 0.490 e. The number of nitrogens with two attached hydrogens (primary N) is 1. The first-order valence-corrected chi connectivity index (χ1v) is 5.26. The van der Waals surface area contributed by atoms with E-state index in [0.717, 1.165) is 31.6 Å². The molecule has 0 aliphatic carbocycles. The van der Waals surface area contributed by atoms with Crippen LogP contribution in [0.1, 0.15) is 24.0 Å². The summed E-state index contributed by atoms with van der Waals surface area (Å²) in [6.45, 7) is 2.85. The number of rotatable bonds is 3. The standard InChI is InChI=1S/C12H17NO/c1-9-4-5-10-8-11(3-2-6-13)14-12(10)7-9/h4-5,7,11H,2-3,6,8,13H2,1H3. The Kier molecular flexibility index (Phi) is 2.73. The third-order valence-electron chi connectivity index (χ3n) is 2.69. The van der Waals surface area contributed by atoms with Crippen molar-refractivity contribution in [1.29, 1.82) is 0 Å². The lowest BCUT2D eigenvalue weighted by molar-refractivity contribution is 0.219. The van der Waals surface area contributed by atoms with Gasteiger partial charge in [-0.3, -0.25) is 0 Å². The lowest BCUT2D eigenvalue weighted by Crippen LogP contribution is -2.14. The Morgan fingerprint density at radius 2 is 2.36 bits per heavy atom. The molecule has 0 fully saturated rings. The summed E-state index contributed by atoms with van der Waals surface area (Å²) >= 11 is 0. The van der Waals surface area contributed by atoms with Gasteiger partial charge >= 0.3 is 0 Å². The van der Waals surface area contributed by atoms with Crippen molar-refractivity contribution in [1.82, 2.24) is 0 Å². The summed E-state index contributed by atoms with van der Waals surface area (Å²) in [5.74, 6) is 1.08. The molecule has 0 amide bonds. The van der Waals surface area contributed by atoms with Crippen molar-refractivity contribution in [3.8, 4) is 5.75 Å². The lowest BCUT2D eigenvalue weighted by Gasteiger charge is -2.08. The molecule has 0 radical (unpaired) electrons. The Morgan fingerprint density at radius 3 is 3.14 bits per heavy atom. The van der Waals surface area contributed by atoms with Crippen LogP contribution in [0.2, 0.25) is 0 Å². The van der Waals surface area contributed by atoms with Crippen LogP contribution in [0, 0.1) is 6.92 Å². The van der Waals surface area contributed by atoms with Crippen molar-refractivity contribution < 1.29 is 4.74 Å². The molecule has 76 valence electrons. The van der Waals surface area contributed by atoms with Gasteiger partial charge in [0, 0.05) is 6.42 Å². The third-order valence-corrected chi connectivity index (χ3v) is 2.69.